The van der Waals surface area contributed by atoms with E-state index < -0.39 is 6.61 Å². The third-order valence-electron chi connectivity index (χ3n) is 4.25. The molecule has 2 N–H and O–H groups in total. The van der Waals surface area contributed by atoms with Gasteiger partial charge in [-0.1, -0.05) is 18.2 Å². The summed E-state index contributed by atoms with van der Waals surface area (Å²) >= 11 is 0. The van der Waals surface area contributed by atoms with Gasteiger partial charge in [0.25, 0.3) is 0 Å². The topological polar surface area (TPSA) is 76.9 Å². The molecule has 0 unspecified atom stereocenters. The lowest BCUT2D eigenvalue weighted by Crippen LogP contribution is -2.37. The number of benzene rings is 1. The lowest BCUT2D eigenvalue weighted by Gasteiger charge is -2.17. The molecule has 0 spiro atoms. The maximum Gasteiger partial charge on any atom is 0.387 e. The average Bonchev–Trinajstić information content (AvgIpc) is 2.73. The lowest BCUT2D eigenvalue weighted by atomic mass is 10.2. The first-order chi connectivity index (χ1) is 14.5. The van der Waals surface area contributed by atoms with E-state index in [9.17, 15) is 13.6 Å². The number of guanidine groups is 1. The van der Waals surface area contributed by atoms with Gasteiger partial charge in [-0.3, -0.25) is 9.79 Å². The fourth-order valence-electron chi connectivity index (χ4n) is 2.85. The second-order valence-corrected chi connectivity index (χ2v) is 6.35. The molecule has 0 aliphatic heterocycles. The van der Waals surface area contributed by atoms with E-state index in [4.69, 9.17) is 4.74 Å². The average molecular weight is 422 g/mol. The van der Waals surface area contributed by atoms with Crippen molar-refractivity contribution in [2.75, 3.05) is 20.2 Å². The number of para-hydroxylation sites is 1. The standard InChI is InChI=1S/C21H28F2N4O3/c1-3-29-17-10-8-9-16(19(17)30-20(22)23)15-26-21(24-2)25-12-5-7-14-27-13-6-4-11-18(27)28/h4,6,8-11,13,20H,3,5,7,12,14-15H2,1-2H3,(H2,24,25,26). The van der Waals surface area contributed by atoms with Gasteiger partial charge in [0.05, 0.1) is 6.61 Å². The number of nitrogens with one attached hydrogen (secondary N) is 2. The van der Waals surface area contributed by atoms with E-state index in [0.29, 0.717) is 31.2 Å². The lowest BCUT2D eigenvalue weighted by molar-refractivity contribution is -0.0520. The molecule has 2 rings (SSSR count). The van der Waals surface area contributed by atoms with Crippen molar-refractivity contribution in [3.63, 3.8) is 0 Å². The molecule has 0 bridgehead atoms. The summed E-state index contributed by atoms with van der Waals surface area (Å²) in [6.45, 7) is 0.709. The Morgan fingerprint density at radius 3 is 2.70 bits per heavy atom. The van der Waals surface area contributed by atoms with Crippen LogP contribution in [0.5, 0.6) is 11.5 Å². The Balaban J connectivity index is 1.84. The van der Waals surface area contributed by atoms with Crippen LogP contribution >= 0.6 is 0 Å². The van der Waals surface area contributed by atoms with Crippen LogP contribution in [-0.2, 0) is 13.1 Å². The van der Waals surface area contributed by atoms with E-state index in [0.717, 1.165) is 12.8 Å². The summed E-state index contributed by atoms with van der Waals surface area (Å²) in [5, 5.41) is 6.26. The molecule has 1 aromatic heterocycles. The highest BCUT2D eigenvalue weighted by Gasteiger charge is 2.16. The molecule has 7 nitrogen and oxygen atoms in total. The van der Waals surface area contributed by atoms with Gasteiger partial charge in [0, 0.05) is 44.5 Å². The molecule has 2 aromatic rings. The van der Waals surface area contributed by atoms with Gasteiger partial charge in [0.1, 0.15) is 0 Å². The Kier molecular flexibility index (Phi) is 9.63. The van der Waals surface area contributed by atoms with E-state index in [2.05, 4.69) is 20.4 Å². The van der Waals surface area contributed by atoms with Crippen molar-refractivity contribution >= 4 is 5.96 Å². The number of hydrogen-bond donors (Lipinski definition) is 2. The summed E-state index contributed by atoms with van der Waals surface area (Å²) in [6.07, 6.45) is 3.43. The van der Waals surface area contributed by atoms with Crippen molar-refractivity contribution in [1.29, 1.82) is 0 Å². The number of rotatable bonds is 11. The van der Waals surface area contributed by atoms with E-state index >= 15 is 0 Å². The first-order valence-electron chi connectivity index (χ1n) is 9.84. The number of halogens is 2. The van der Waals surface area contributed by atoms with Crippen LogP contribution in [0.3, 0.4) is 0 Å². The van der Waals surface area contributed by atoms with Gasteiger partial charge in [-0.25, -0.2) is 0 Å². The van der Waals surface area contributed by atoms with Gasteiger partial charge in [-0.2, -0.15) is 8.78 Å². The Bertz CT molecular complexity index is 871. The molecule has 1 heterocycles. The van der Waals surface area contributed by atoms with Crippen molar-refractivity contribution in [1.82, 2.24) is 15.2 Å². The van der Waals surface area contributed by atoms with E-state index in [1.54, 1.807) is 49.0 Å². The Hall–Kier alpha value is -3.10. The minimum Gasteiger partial charge on any atom is -0.490 e. The predicted octanol–water partition coefficient (Wildman–Crippen LogP) is 2.99. The molecule has 0 saturated carbocycles. The van der Waals surface area contributed by atoms with Crippen LogP contribution in [0.25, 0.3) is 0 Å². The third kappa shape index (κ3) is 7.38. The second kappa shape index (κ2) is 12.5. The molecule has 0 saturated heterocycles. The minimum absolute atomic E-state index is 0.0148. The smallest absolute Gasteiger partial charge is 0.387 e. The quantitative estimate of drug-likeness (QED) is 0.331. The first kappa shape index (κ1) is 23.2. The second-order valence-electron chi connectivity index (χ2n) is 6.35. The van der Waals surface area contributed by atoms with Gasteiger partial charge in [-0.05, 0) is 31.9 Å². The van der Waals surface area contributed by atoms with E-state index in [-0.39, 0.29) is 23.6 Å². The van der Waals surface area contributed by atoms with Crippen LogP contribution in [0.4, 0.5) is 8.78 Å². The normalized spacial score (nSPS) is 11.4. The molecule has 0 amide bonds. The highest BCUT2D eigenvalue weighted by atomic mass is 19.3. The monoisotopic (exact) mass is 422 g/mol. The maximum atomic E-state index is 12.8. The third-order valence-corrected chi connectivity index (χ3v) is 4.25. The number of ether oxygens (including phenoxy) is 2. The van der Waals surface area contributed by atoms with Crippen molar-refractivity contribution in [2.24, 2.45) is 4.99 Å². The van der Waals surface area contributed by atoms with Gasteiger partial charge in [0.15, 0.2) is 17.5 Å². The number of alkyl halides is 2. The number of aliphatic imine (C=N–C) groups is 1. The van der Waals surface area contributed by atoms with Crippen LogP contribution in [0.15, 0.2) is 52.4 Å². The van der Waals surface area contributed by atoms with Crippen molar-refractivity contribution < 1.29 is 18.3 Å². The highest BCUT2D eigenvalue weighted by Crippen LogP contribution is 2.32. The molecule has 0 aliphatic carbocycles. The molecule has 0 aliphatic rings. The SMILES string of the molecule is CCOc1cccc(CNC(=NC)NCCCCn2ccccc2=O)c1OC(F)F. The predicted molar refractivity (Wildman–Crippen MR) is 112 cm³/mol. The summed E-state index contributed by atoms with van der Waals surface area (Å²) in [5.74, 6) is 0.832. The van der Waals surface area contributed by atoms with Crippen molar-refractivity contribution in [3.8, 4) is 11.5 Å². The number of nitrogens with zero attached hydrogens (tertiary/aromatic N) is 2. The van der Waals surface area contributed by atoms with Gasteiger partial charge < -0.3 is 24.7 Å². The zero-order valence-corrected chi connectivity index (χ0v) is 17.2. The number of unbranched alkanes of at least 4 members (excludes halogenated alkanes) is 1. The molecule has 30 heavy (non-hydrogen) atoms. The Morgan fingerprint density at radius 2 is 2.00 bits per heavy atom. The summed E-state index contributed by atoms with van der Waals surface area (Å²) in [5.41, 5.74) is 0.520. The first-order valence-corrected chi connectivity index (χ1v) is 9.84. The number of pyridine rings is 1. The van der Waals surface area contributed by atoms with Crippen LogP contribution < -0.4 is 25.7 Å². The molecule has 1 aromatic carbocycles. The molecular formula is C21H28F2N4O3. The van der Waals surface area contributed by atoms with Crippen LogP contribution in [-0.4, -0.2) is 37.3 Å². The van der Waals surface area contributed by atoms with Gasteiger partial charge >= 0.3 is 6.61 Å². The summed E-state index contributed by atoms with van der Waals surface area (Å²) in [4.78, 5) is 15.8. The molecule has 0 fully saturated rings. The molecule has 9 heteroatoms. The summed E-state index contributed by atoms with van der Waals surface area (Å²) in [6, 6.07) is 10.1. The van der Waals surface area contributed by atoms with E-state index in [1.807, 2.05) is 6.07 Å². The molecule has 0 atom stereocenters. The van der Waals surface area contributed by atoms with Crippen molar-refractivity contribution in [3.05, 3.63) is 58.5 Å². The largest absolute Gasteiger partial charge is 0.490 e. The Labute approximate surface area is 174 Å². The van der Waals surface area contributed by atoms with Crippen LogP contribution in [0.2, 0.25) is 0 Å². The van der Waals surface area contributed by atoms with Crippen LogP contribution in [0, 0.1) is 0 Å². The van der Waals surface area contributed by atoms with Crippen molar-refractivity contribution in [2.45, 2.75) is 39.5 Å². The number of aryl methyl sites for hydroxylation is 1. The minimum atomic E-state index is -2.94. The number of hydrogen-bond acceptors (Lipinski definition) is 4. The van der Waals surface area contributed by atoms with Gasteiger partial charge in [0.2, 0.25) is 5.56 Å². The number of aromatic nitrogens is 1. The summed E-state index contributed by atoms with van der Waals surface area (Å²) in [7, 11) is 1.63. The zero-order chi connectivity index (χ0) is 21.8. The molecule has 164 valence electrons. The van der Waals surface area contributed by atoms with Gasteiger partial charge in [-0.15, -0.1) is 0 Å². The fraction of sp³-hybridized carbons (Fsp3) is 0.429. The molecule has 0 radical (unpaired) electrons. The molecular weight excluding hydrogens is 394 g/mol. The van der Waals surface area contributed by atoms with Crippen LogP contribution in [0.1, 0.15) is 25.3 Å². The zero-order valence-electron chi connectivity index (χ0n) is 17.2. The summed E-state index contributed by atoms with van der Waals surface area (Å²) < 4.78 is 37.4. The fourth-order valence-corrected chi connectivity index (χ4v) is 2.85. The maximum absolute atomic E-state index is 12.8. The Morgan fingerprint density at radius 1 is 1.17 bits per heavy atom. The highest BCUT2D eigenvalue weighted by molar-refractivity contribution is 5.79. The van der Waals surface area contributed by atoms with E-state index in [1.165, 1.54) is 6.07 Å².